The van der Waals surface area contributed by atoms with Gasteiger partial charge in [-0.3, -0.25) is 4.31 Å². The van der Waals surface area contributed by atoms with Crippen LogP contribution in [0.5, 0.6) is 0 Å². The van der Waals surface area contributed by atoms with E-state index in [0.717, 1.165) is 22.0 Å². The molecule has 0 spiro atoms. The number of rotatable bonds is 4. The van der Waals surface area contributed by atoms with Crippen molar-refractivity contribution in [3.05, 3.63) is 59.4 Å². The molecule has 0 heterocycles. The van der Waals surface area contributed by atoms with Crippen LogP contribution in [0.3, 0.4) is 0 Å². The van der Waals surface area contributed by atoms with Gasteiger partial charge in [-0.2, -0.15) is 0 Å². The third-order valence-corrected chi connectivity index (χ3v) is 5.01. The zero-order valence-corrected chi connectivity index (χ0v) is 12.6. The number of aliphatic hydroxyl groups is 1. The lowest BCUT2D eigenvalue weighted by molar-refractivity contribution is 0.281. The second-order valence-electron chi connectivity index (χ2n) is 4.73. The molecule has 0 saturated heterocycles. The highest BCUT2D eigenvalue weighted by Crippen LogP contribution is 2.25. The molecule has 0 saturated carbocycles. The number of hydrogen-bond donors (Lipinski definition) is 1. The molecule has 2 rings (SSSR count). The van der Waals surface area contributed by atoms with Crippen molar-refractivity contribution >= 4 is 15.7 Å². The highest BCUT2D eigenvalue weighted by atomic mass is 32.2. The number of sulfonamides is 1. The van der Waals surface area contributed by atoms with Crippen molar-refractivity contribution in [1.82, 2.24) is 0 Å². The molecule has 0 amide bonds. The van der Waals surface area contributed by atoms with Gasteiger partial charge >= 0.3 is 0 Å². The van der Waals surface area contributed by atoms with Gasteiger partial charge in [0, 0.05) is 7.05 Å². The van der Waals surface area contributed by atoms with Gasteiger partial charge in [-0.1, -0.05) is 23.8 Å². The first-order valence-corrected chi connectivity index (χ1v) is 7.75. The SMILES string of the molecule is Cc1ccc(N(C)S(=O)(=O)c2cc(CO)ccc2F)cc1. The maximum atomic E-state index is 13.9. The van der Waals surface area contributed by atoms with Gasteiger partial charge in [-0.15, -0.1) is 0 Å². The summed E-state index contributed by atoms with van der Waals surface area (Å²) < 4.78 is 39.9. The highest BCUT2D eigenvalue weighted by Gasteiger charge is 2.25. The van der Waals surface area contributed by atoms with Gasteiger partial charge in [0.15, 0.2) is 0 Å². The summed E-state index contributed by atoms with van der Waals surface area (Å²) in [6.07, 6.45) is 0. The van der Waals surface area contributed by atoms with E-state index in [2.05, 4.69) is 0 Å². The van der Waals surface area contributed by atoms with Gasteiger partial charge in [0.05, 0.1) is 12.3 Å². The summed E-state index contributed by atoms with van der Waals surface area (Å²) in [5.74, 6) is -0.842. The minimum Gasteiger partial charge on any atom is -0.392 e. The molecule has 2 aromatic rings. The Morgan fingerprint density at radius 2 is 1.76 bits per heavy atom. The number of anilines is 1. The van der Waals surface area contributed by atoms with Crippen LogP contribution in [0.25, 0.3) is 0 Å². The van der Waals surface area contributed by atoms with Gasteiger partial charge in [-0.25, -0.2) is 12.8 Å². The maximum Gasteiger partial charge on any atom is 0.266 e. The Morgan fingerprint density at radius 3 is 2.33 bits per heavy atom. The van der Waals surface area contributed by atoms with E-state index in [1.54, 1.807) is 24.3 Å². The fourth-order valence-corrected chi connectivity index (χ4v) is 3.19. The quantitative estimate of drug-likeness (QED) is 0.944. The number of aryl methyl sites for hydroxylation is 1. The van der Waals surface area contributed by atoms with E-state index in [1.165, 1.54) is 13.1 Å². The van der Waals surface area contributed by atoms with E-state index < -0.39 is 20.7 Å². The van der Waals surface area contributed by atoms with Crippen LogP contribution in [-0.4, -0.2) is 20.6 Å². The summed E-state index contributed by atoms with van der Waals surface area (Å²) in [7, 11) is -2.65. The Kier molecular flexibility index (Phi) is 4.29. The number of benzene rings is 2. The molecule has 0 fully saturated rings. The minimum atomic E-state index is -4.02. The molecule has 0 aromatic heterocycles. The van der Waals surface area contributed by atoms with Gasteiger partial charge in [0.1, 0.15) is 10.7 Å². The second kappa shape index (κ2) is 5.83. The van der Waals surface area contributed by atoms with Crippen molar-refractivity contribution in [3.63, 3.8) is 0 Å². The summed E-state index contributed by atoms with van der Waals surface area (Å²) in [6, 6.07) is 10.4. The Bertz CT molecular complexity index is 742. The molecule has 0 aliphatic carbocycles. The molecule has 0 unspecified atom stereocenters. The minimum absolute atomic E-state index is 0.340. The van der Waals surface area contributed by atoms with Crippen molar-refractivity contribution in [2.45, 2.75) is 18.4 Å². The van der Waals surface area contributed by atoms with Crippen LogP contribution < -0.4 is 4.31 Å². The zero-order valence-electron chi connectivity index (χ0n) is 11.7. The molecule has 0 bridgehead atoms. The van der Waals surface area contributed by atoms with Crippen molar-refractivity contribution in [2.24, 2.45) is 0 Å². The van der Waals surface area contributed by atoms with Gasteiger partial charge < -0.3 is 5.11 Å². The fraction of sp³-hybridized carbons (Fsp3) is 0.200. The van der Waals surface area contributed by atoms with Gasteiger partial charge in [0.25, 0.3) is 10.0 Å². The second-order valence-corrected chi connectivity index (χ2v) is 6.67. The number of hydrogen-bond acceptors (Lipinski definition) is 3. The van der Waals surface area contributed by atoms with E-state index in [1.807, 2.05) is 6.92 Å². The van der Waals surface area contributed by atoms with E-state index in [-0.39, 0.29) is 6.61 Å². The third-order valence-electron chi connectivity index (χ3n) is 3.21. The van der Waals surface area contributed by atoms with E-state index in [0.29, 0.717) is 11.3 Å². The molecule has 1 N–H and O–H groups in total. The van der Waals surface area contributed by atoms with Crippen molar-refractivity contribution < 1.29 is 17.9 Å². The van der Waals surface area contributed by atoms with Crippen LogP contribution in [0.15, 0.2) is 47.4 Å². The zero-order chi connectivity index (χ0) is 15.6. The van der Waals surface area contributed by atoms with Crippen LogP contribution in [0, 0.1) is 12.7 Å². The Labute approximate surface area is 123 Å². The molecule has 21 heavy (non-hydrogen) atoms. The first-order valence-electron chi connectivity index (χ1n) is 6.31. The molecule has 2 aromatic carbocycles. The number of aliphatic hydroxyl groups excluding tert-OH is 1. The van der Waals surface area contributed by atoms with Crippen molar-refractivity contribution in [1.29, 1.82) is 0 Å². The molecule has 4 nitrogen and oxygen atoms in total. The van der Waals surface area contributed by atoms with Crippen molar-refractivity contribution in [3.8, 4) is 0 Å². The summed E-state index contributed by atoms with van der Waals surface area (Å²) in [5.41, 5.74) is 1.78. The highest BCUT2D eigenvalue weighted by molar-refractivity contribution is 7.92. The lowest BCUT2D eigenvalue weighted by Gasteiger charge is -2.20. The third kappa shape index (κ3) is 3.06. The topological polar surface area (TPSA) is 57.6 Å². The molecule has 0 aliphatic heterocycles. The van der Waals surface area contributed by atoms with Crippen LogP contribution in [0.1, 0.15) is 11.1 Å². The van der Waals surface area contributed by atoms with Crippen molar-refractivity contribution in [2.75, 3.05) is 11.4 Å². The summed E-state index contributed by atoms with van der Waals surface area (Å²) in [6.45, 7) is 1.54. The fourth-order valence-electron chi connectivity index (χ4n) is 1.88. The van der Waals surface area contributed by atoms with E-state index in [9.17, 15) is 12.8 Å². The average Bonchev–Trinajstić information content (AvgIpc) is 2.47. The van der Waals surface area contributed by atoms with Gasteiger partial charge in [-0.05, 0) is 36.8 Å². The molecule has 112 valence electrons. The van der Waals surface area contributed by atoms with Crippen LogP contribution in [0.4, 0.5) is 10.1 Å². The summed E-state index contributed by atoms with van der Waals surface area (Å²) in [5, 5.41) is 9.07. The molecule has 0 radical (unpaired) electrons. The Hall–Kier alpha value is -1.92. The number of halogens is 1. The molecule has 0 aliphatic rings. The molecule has 0 atom stereocenters. The maximum absolute atomic E-state index is 13.9. The average molecular weight is 309 g/mol. The lowest BCUT2D eigenvalue weighted by Crippen LogP contribution is -2.27. The lowest BCUT2D eigenvalue weighted by atomic mass is 10.2. The number of nitrogens with zero attached hydrogens (tertiary/aromatic N) is 1. The Balaban J connectivity index is 2.48. The largest absolute Gasteiger partial charge is 0.392 e. The van der Waals surface area contributed by atoms with Crippen LogP contribution in [-0.2, 0) is 16.6 Å². The molecular formula is C15H16FNO3S. The van der Waals surface area contributed by atoms with E-state index >= 15 is 0 Å². The molecule has 6 heteroatoms. The standard InChI is InChI=1S/C15H16FNO3S/c1-11-3-6-13(7-4-11)17(2)21(19,20)15-9-12(10-18)5-8-14(15)16/h3-9,18H,10H2,1-2H3. The predicted octanol–water partition coefficient (Wildman–Crippen LogP) is 2.45. The summed E-state index contributed by atoms with van der Waals surface area (Å²) in [4.78, 5) is -0.447. The first kappa shape index (κ1) is 15.5. The Morgan fingerprint density at radius 1 is 1.14 bits per heavy atom. The normalized spacial score (nSPS) is 11.4. The van der Waals surface area contributed by atoms with Crippen LogP contribution >= 0.6 is 0 Å². The predicted molar refractivity (Wildman–Crippen MR) is 79.1 cm³/mol. The molecular weight excluding hydrogens is 293 g/mol. The van der Waals surface area contributed by atoms with Crippen LogP contribution in [0.2, 0.25) is 0 Å². The smallest absolute Gasteiger partial charge is 0.266 e. The monoisotopic (exact) mass is 309 g/mol. The first-order chi connectivity index (χ1) is 9.86. The summed E-state index contributed by atoms with van der Waals surface area (Å²) >= 11 is 0. The van der Waals surface area contributed by atoms with E-state index in [4.69, 9.17) is 5.11 Å². The van der Waals surface area contributed by atoms with Gasteiger partial charge in [0.2, 0.25) is 0 Å².